The third-order valence-corrected chi connectivity index (χ3v) is 6.95. The molecule has 1 aromatic carbocycles. The van der Waals surface area contributed by atoms with Crippen molar-refractivity contribution in [3.8, 4) is 11.1 Å². The highest BCUT2D eigenvalue weighted by atomic mass is 19.1. The van der Waals surface area contributed by atoms with Crippen molar-refractivity contribution in [3.63, 3.8) is 0 Å². The maximum Gasteiger partial charge on any atom is 0.252 e. The fraction of sp³-hybridized carbons (Fsp3) is 0.333. The first-order chi connectivity index (χ1) is 17.9. The Morgan fingerprint density at radius 3 is 2.65 bits per heavy atom. The second-order valence-electron chi connectivity index (χ2n) is 9.56. The number of anilines is 4. The van der Waals surface area contributed by atoms with Gasteiger partial charge in [0, 0.05) is 42.5 Å². The Hall–Kier alpha value is -4.05. The summed E-state index contributed by atoms with van der Waals surface area (Å²) >= 11 is 0. The molecule has 2 aromatic heterocycles. The van der Waals surface area contributed by atoms with E-state index in [1.165, 1.54) is 0 Å². The van der Waals surface area contributed by atoms with Crippen LogP contribution in [0, 0.1) is 5.82 Å². The van der Waals surface area contributed by atoms with Crippen LogP contribution in [0.25, 0.3) is 11.1 Å². The molecule has 2 atom stereocenters. The van der Waals surface area contributed by atoms with Crippen molar-refractivity contribution in [2.75, 3.05) is 22.1 Å². The lowest BCUT2D eigenvalue weighted by Crippen LogP contribution is -2.43. The highest BCUT2D eigenvalue weighted by Crippen LogP contribution is 2.30. The van der Waals surface area contributed by atoms with E-state index < -0.39 is 11.7 Å². The number of halogens is 1. The number of nitrogens with zero attached hydrogens (tertiary/aromatic N) is 3. The fourth-order valence-corrected chi connectivity index (χ4v) is 4.96. The summed E-state index contributed by atoms with van der Waals surface area (Å²) in [5, 5.41) is 6.19. The zero-order valence-electron chi connectivity index (χ0n) is 20.4. The number of benzene rings is 1. The SMILES string of the molecule is NC(=O)c1cc(F)c(NC2CCCCC2N)nc1Nc1cncc(-c2cccc(N3CCCC3=O)c2)c1. The van der Waals surface area contributed by atoms with E-state index in [4.69, 9.17) is 11.5 Å². The van der Waals surface area contributed by atoms with Crippen molar-refractivity contribution in [2.24, 2.45) is 11.5 Å². The van der Waals surface area contributed by atoms with Gasteiger partial charge < -0.3 is 27.0 Å². The lowest BCUT2D eigenvalue weighted by molar-refractivity contribution is -0.117. The van der Waals surface area contributed by atoms with E-state index in [1.807, 2.05) is 30.3 Å². The van der Waals surface area contributed by atoms with Gasteiger partial charge in [-0.1, -0.05) is 25.0 Å². The summed E-state index contributed by atoms with van der Waals surface area (Å²) in [4.78, 5) is 34.7. The van der Waals surface area contributed by atoms with Crippen LogP contribution in [0.2, 0.25) is 0 Å². The number of rotatable bonds is 7. The first-order valence-corrected chi connectivity index (χ1v) is 12.5. The van der Waals surface area contributed by atoms with E-state index in [9.17, 15) is 14.0 Å². The maximum absolute atomic E-state index is 14.8. The lowest BCUT2D eigenvalue weighted by Gasteiger charge is -2.30. The van der Waals surface area contributed by atoms with Crippen molar-refractivity contribution in [3.05, 3.63) is 60.2 Å². The minimum atomic E-state index is -0.804. The van der Waals surface area contributed by atoms with Crippen LogP contribution in [0.3, 0.4) is 0 Å². The molecule has 3 aromatic rings. The second-order valence-corrected chi connectivity index (χ2v) is 9.56. The molecule has 0 spiro atoms. The molecule has 0 radical (unpaired) electrons. The summed E-state index contributed by atoms with van der Waals surface area (Å²) in [6.45, 7) is 0.705. The number of aromatic nitrogens is 2. The summed E-state index contributed by atoms with van der Waals surface area (Å²) in [7, 11) is 0. The molecule has 3 heterocycles. The van der Waals surface area contributed by atoms with E-state index in [0.29, 0.717) is 18.7 Å². The van der Waals surface area contributed by atoms with Gasteiger partial charge in [0.25, 0.3) is 5.91 Å². The van der Waals surface area contributed by atoms with Gasteiger partial charge in [0.15, 0.2) is 11.6 Å². The molecule has 1 saturated carbocycles. The van der Waals surface area contributed by atoms with E-state index in [0.717, 1.165) is 55.0 Å². The third-order valence-electron chi connectivity index (χ3n) is 6.95. The lowest BCUT2D eigenvalue weighted by atomic mass is 9.91. The molecule has 2 unspecified atom stereocenters. The summed E-state index contributed by atoms with van der Waals surface area (Å²) in [6.07, 6.45) is 8.41. The number of hydrogen-bond donors (Lipinski definition) is 4. The average molecular weight is 504 g/mol. The van der Waals surface area contributed by atoms with Crippen LogP contribution < -0.4 is 27.0 Å². The van der Waals surface area contributed by atoms with Crippen LogP contribution in [0.5, 0.6) is 0 Å². The number of nitrogens with one attached hydrogen (secondary N) is 2. The number of carbonyl (C=O) groups excluding carboxylic acids is 2. The minimum absolute atomic E-state index is 0.0157. The second kappa shape index (κ2) is 10.5. The molecule has 1 aliphatic heterocycles. The van der Waals surface area contributed by atoms with Crippen LogP contribution in [0.4, 0.5) is 27.4 Å². The van der Waals surface area contributed by atoms with E-state index in [1.54, 1.807) is 17.3 Å². The number of pyridine rings is 2. The summed E-state index contributed by atoms with van der Waals surface area (Å²) < 4.78 is 14.8. The first kappa shape index (κ1) is 24.6. The summed E-state index contributed by atoms with van der Waals surface area (Å²) in [6, 6.07) is 10.4. The molecule has 0 bridgehead atoms. The Balaban J connectivity index is 1.42. The van der Waals surface area contributed by atoms with Gasteiger partial charge >= 0.3 is 0 Å². The molecular weight excluding hydrogens is 473 g/mol. The third kappa shape index (κ3) is 5.39. The zero-order chi connectivity index (χ0) is 25.9. The van der Waals surface area contributed by atoms with Crippen molar-refractivity contribution in [1.29, 1.82) is 0 Å². The number of amides is 2. The van der Waals surface area contributed by atoms with Gasteiger partial charge in [0.1, 0.15) is 5.82 Å². The zero-order valence-corrected chi connectivity index (χ0v) is 20.4. The normalized spacial score (nSPS) is 19.6. The van der Waals surface area contributed by atoms with Crippen molar-refractivity contribution in [2.45, 2.75) is 50.6 Å². The van der Waals surface area contributed by atoms with Crippen molar-refractivity contribution < 1.29 is 14.0 Å². The molecule has 37 heavy (non-hydrogen) atoms. The molecule has 1 saturated heterocycles. The molecule has 10 heteroatoms. The van der Waals surface area contributed by atoms with Crippen LogP contribution in [0.1, 0.15) is 48.9 Å². The van der Waals surface area contributed by atoms with Gasteiger partial charge in [-0.15, -0.1) is 0 Å². The Morgan fingerprint density at radius 1 is 1.05 bits per heavy atom. The first-order valence-electron chi connectivity index (χ1n) is 12.5. The molecule has 5 rings (SSSR count). The Labute approximate surface area is 214 Å². The standard InChI is InChI=1S/C27H30FN7O2/c28-21-13-20(25(30)37)26(34-27(21)33-23-8-2-1-7-22(23)29)32-18-11-17(14-31-15-18)16-5-3-6-19(12-16)35-10-4-9-24(35)36/h3,5-6,11-15,22-23H,1-2,4,7-10,29H2,(H2,30,37)(H2,32,33,34). The van der Waals surface area contributed by atoms with Crippen LogP contribution >= 0.6 is 0 Å². The molecule has 2 amide bonds. The number of primary amides is 1. The Kier molecular flexibility index (Phi) is 7.00. The molecule has 192 valence electrons. The van der Waals surface area contributed by atoms with Crippen LogP contribution in [-0.4, -0.2) is 40.4 Å². The largest absolute Gasteiger partial charge is 0.365 e. The van der Waals surface area contributed by atoms with Gasteiger partial charge in [-0.3, -0.25) is 14.6 Å². The quantitative estimate of drug-likeness (QED) is 0.383. The van der Waals surface area contributed by atoms with Gasteiger partial charge in [0.2, 0.25) is 5.91 Å². The molecule has 1 aliphatic carbocycles. The molecule has 6 N–H and O–H groups in total. The minimum Gasteiger partial charge on any atom is -0.365 e. The molecule has 2 aliphatic rings. The Bertz CT molecular complexity index is 1330. The van der Waals surface area contributed by atoms with Crippen LogP contribution in [-0.2, 0) is 4.79 Å². The molecule has 9 nitrogen and oxygen atoms in total. The maximum atomic E-state index is 14.8. The van der Waals surface area contributed by atoms with Crippen molar-refractivity contribution >= 4 is 34.8 Å². The Morgan fingerprint density at radius 2 is 1.89 bits per heavy atom. The fourth-order valence-electron chi connectivity index (χ4n) is 4.96. The number of hydrogen-bond acceptors (Lipinski definition) is 7. The smallest absolute Gasteiger partial charge is 0.252 e. The van der Waals surface area contributed by atoms with Gasteiger partial charge in [-0.25, -0.2) is 9.37 Å². The molecule has 2 fully saturated rings. The highest BCUT2D eigenvalue weighted by Gasteiger charge is 2.25. The van der Waals surface area contributed by atoms with Crippen molar-refractivity contribution in [1.82, 2.24) is 9.97 Å². The average Bonchev–Trinajstić information content (AvgIpc) is 3.33. The highest BCUT2D eigenvalue weighted by molar-refractivity contribution is 5.99. The number of carbonyl (C=O) groups is 2. The predicted molar refractivity (Wildman–Crippen MR) is 141 cm³/mol. The van der Waals surface area contributed by atoms with Crippen LogP contribution in [0.15, 0.2) is 48.8 Å². The molecular formula is C27H30FN7O2. The number of nitrogens with two attached hydrogens (primary N) is 2. The van der Waals surface area contributed by atoms with E-state index in [-0.39, 0.29) is 35.2 Å². The summed E-state index contributed by atoms with van der Waals surface area (Å²) in [5.41, 5.74) is 14.7. The predicted octanol–water partition coefficient (Wildman–Crippen LogP) is 3.93. The van der Waals surface area contributed by atoms with Gasteiger partial charge in [-0.05, 0) is 49.1 Å². The van der Waals surface area contributed by atoms with E-state index >= 15 is 0 Å². The summed E-state index contributed by atoms with van der Waals surface area (Å²) in [5.74, 6) is -1.22. The monoisotopic (exact) mass is 503 g/mol. The van der Waals surface area contributed by atoms with E-state index in [2.05, 4.69) is 20.6 Å². The topological polar surface area (TPSA) is 139 Å². The van der Waals surface area contributed by atoms with Gasteiger partial charge in [-0.2, -0.15) is 0 Å². The van der Waals surface area contributed by atoms with Gasteiger partial charge in [0.05, 0.1) is 17.4 Å².